The van der Waals surface area contributed by atoms with E-state index < -0.39 is 0 Å². The molecule has 0 saturated carbocycles. The standard InChI is InChI=1S/C16H19N3O.2ClH/c1-11-9-17-7-8-19(11)16(20)14-10-18-15-6-4-3-5-13(15)12(14)2;;/h3-6,10-11,17H,7-9H2,1-2H3;2*1H/t11-;;/m0../s1. The Kier molecular flexibility index (Phi) is 6.60. The van der Waals surface area contributed by atoms with Gasteiger partial charge in [0.05, 0.1) is 11.1 Å². The Hall–Kier alpha value is -1.36. The zero-order valence-corrected chi connectivity index (χ0v) is 14.3. The minimum atomic E-state index is 0. The van der Waals surface area contributed by atoms with Crippen LogP contribution in [0.1, 0.15) is 22.8 Å². The smallest absolute Gasteiger partial charge is 0.256 e. The molecule has 2 heterocycles. The number of benzene rings is 1. The summed E-state index contributed by atoms with van der Waals surface area (Å²) in [4.78, 5) is 19.1. The monoisotopic (exact) mass is 341 g/mol. The Bertz CT molecular complexity index is 663. The number of nitrogens with zero attached hydrogens (tertiary/aromatic N) is 2. The van der Waals surface area contributed by atoms with Gasteiger partial charge in [0.25, 0.3) is 5.91 Å². The van der Waals surface area contributed by atoms with E-state index in [1.165, 1.54) is 0 Å². The first-order chi connectivity index (χ1) is 9.68. The lowest BCUT2D eigenvalue weighted by Gasteiger charge is -2.34. The predicted octanol–water partition coefficient (Wildman–Crippen LogP) is 2.82. The van der Waals surface area contributed by atoms with Gasteiger partial charge in [-0.1, -0.05) is 18.2 Å². The Morgan fingerprint density at radius 3 is 2.77 bits per heavy atom. The molecule has 1 N–H and O–H groups in total. The second-order valence-corrected chi connectivity index (χ2v) is 5.37. The highest BCUT2D eigenvalue weighted by Gasteiger charge is 2.25. The van der Waals surface area contributed by atoms with Crippen LogP contribution in [0.5, 0.6) is 0 Å². The summed E-state index contributed by atoms with van der Waals surface area (Å²) in [5.41, 5.74) is 2.68. The highest BCUT2D eigenvalue weighted by Crippen LogP contribution is 2.21. The van der Waals surface area contributed by atoms with Crippen molar-refractivity contribution in [1.29, 1.82) is 0 Å². The van der Waals surface area contributed by atoms with Crippen LogP contribution in [0.4, 0.5) is 0 Å². The second kappa shape index (κ2) is 7.77. The minimum Gasteiger partial charge on any atom is -0.333 e. The van der Waals surface area contributed by atoms with Gasteiger partial charge in [-0.05, 0) is 25.5 Å². The molecule has 4 nitrogen and oxygen atoms in total. The number of carbonyl (C=O) groups excluding carboxylic acids is 1. The van der Waals surface area contributed by atoms with Crippen molar-refractivity contribution in [3.8, 4) is 0 Å². The molecule has 22 heavy (non-hydrogen) atoms. The fraction of sp³-hybridized carbons (Fsp3) is 0.375. The SMILES string of the molecule is Cc1c(C(=O)N2CCNC[C@@H]2C)cnc2ccccc12.Cl.Cl. The Morgan fingerprint density at radius 2 is 2.05 bits per heavy atom. The number of nitrogens with one attached hydrogen (secondary N) is 1. The van der Waals surface area contributed by atoms with Gasteiger partial charge in [-0.2, -0.15) is 0 Å². The third kappa shape index (κ3) is 3.35. The fourth-order valence-corrected chi connectivity index (χ4v) is 2.79. The molecule has 2 aromatic rings. The molecule has 1 aliphatic rings. The predicted molar refractivity (Wildman–Crippen MR) is 94.3 cm³/mol. The van der Waals surface area contributed by atoms with Crippen LogP contribution >= 0.6 is 24.8 Å². The highest BCUT2D eigenvalue weighted by molar-refractivity contribution is 6.00. The number of halogens is 2. The summed E-state index contributed by atoms with van der Waals surface area (Å²) < 4.78 is 0. The third-order valence-corrected chi connectivity index (χ3v) is 4.04. The van der Waals surface area contributed by atoms with Crippen molar-refractivity contribution in [1.82, 2.24) is 15.2 Å². The number of carbonyl (C=O) groups is 1. The normalized spacial score (nSPS) is 17.5. The van der Waals surface area contributed by atoms with E-state index in [9.17, 15) is 4.79 Å². The number of fused-ring (bicyclic) bond motifs is 1. The summed E-state index contributed by atoms with van der Waals surface area (Å²) in [6.07, 6.45) is 1.72. The maximum atomic E-state index is 12.7. The molecule has 1 aromatic carbocycles. The number of amides is 1. The van der Waals surface area contributed by atoms with E-state index in [0.717, 1.165) is 41.7 Å². The van der Waals surface area contributed by atoms with Gasteiger partial charge in [-0.25, -0.2) is 0 Å². The second-order valence-electron chi connectivity index (χ2n) is 5.37. The molecule has 0 bridgehead atoms. The number of hydrogen-bond donors (Lipinski definition) is 1. The van der Waals surface area contributed by atoms with Crippen molar-refractivity contribution in [3.63, 3.8) is 0 Å². The lowest BCUT2D eigenvalue weighted by atomic mass is 10.0. The van der Waals surface area contributed by atoms with Crippen LogP contribution in [-0.4, -0.2) is 41.5 Å². The summed E-state index contributed by atoms with van der Waals surface area (Å²) in [6, 6.07) is 8.18. The van der Waals surface area contributed by atoms with E-state index in [4.69, 9.17) is 0 Å². The lowest BCUT2D eigenvalue weighted by molar-refractivity contribution is 0.0655. The van der Waals surface area contributed by atoms with Crippen LogP contribution in [0.2, 0.25) is 0 Å². The molecule has 0 unspecified atom stereocenters. The molecule has 0 aliphatic carbocycles. The molecule has 1 saturated heterocycles. The highest BCUT2D eigenvalue weighted by atomic mass is 35.5. The first-order valence-corrected chi connectivity index (χ1v) is 7.04. The topological polar surface area (TPSA) is 45.2 Å². The number of para-hydroxylation sites is 1. The summed E-state index contributed by atoms with van der Waals surface area (Å²) in [5, 5.41) is 4.36. The number of aromatic nitrogens is 1. The van der Waals surface area contributed by atoms with Crippen molar-refractivity contribution in [2.75, 3.05) is 19.6 Å². The van der Waals surface area contributed by atoms with Crippen molar-refractivity contribution in [2.45, 2.75) is 19.9 Å². The zero-order chi connectivity index (χ0) is 14.1. The average Bonchev–Trinajstić information content (AvgIpc) is 2.48. The van der Waals surface area contributed by atoms with Crippen molar-refractivity contribution in [2.24, 2.45) is 0 Å². The number of aryl methyl sites for hydroxylation is 1. The lowest BCUT2D eigenvalue weighted by Crippen LogP contribution is -2.52. The van der Waals surface area contributed by atoms with Crippen LogP contribution in [0.3, 0.4) is 0 Å². The summed E-state index contributed by atoms with van der Waals surface area (Å²) in [5.74, 6) is 0.0924. The number of rotatable bonds is 1. The van der Waals surface area contributed by atoms with Crippen molar-refractivity contribution in [3.05, 3.63) is 41.6 Å². The van der Waals surface area contributed by atoms with Gasteiger partial charge in [0.15, 0.2) is 0 Å². The largest absolute Gasteiger partial charge is 0.333 e. The maximum absolute atomic E-state index is 12.7. The first-order valence-electron chi connectivity index (χ1n) is 7.04. The van der Waals surface area contributed by atoms with Gasteiger partial charge < -0.3 is 10.2 Å². The maximum Gasteiger partial charge on any atom is 0.256 e. The molecule has 1 aromatic heterocycles. The summed E-state index contributed by atoms with van der Waals surface area (Å²) in [6.45, 7) is 6.55. The molecule has 3 rings (SSSR count). The minimum absolute atomic E-state index is 0. The number of pyridine rings is 1. The van der Waals surface area contributed by atoms with E-state index in [-0.39, 0.29) is 36.8 Å². The van der Waals surface area contributed by atoms with Crippen LogP contribution in [-0.2, 0) is 0 Å². The molecular weight excluding hydrogens is 321 g/mol. The molecule has 0 spiro atoms. The summed E-state index contributed by atoms with van der Waals surface area (Å²) in [7, 11) is 0. The Morgan fingerprint density at radius 1 is 1.32 bits per heavy atom. The fourth-order valence-electron chi connectivity index (χ4n) is 2.79. The third-order valence-electron chi connectivity index (χ3n) is 4.04. The van der Waals surface area contributed by atoms with Crippen LogP contribution in [0.15, 0.2) is 30.5 Å². The van der Waals surface area contributed by atoms with Gasteiger partial charge in [-0.15, -0.1) is 24.8 Å². The van der Waals surface area contributed by atoms with Gasteiger partial charge in [0.2, 0.25) is 0 Å². The van der Waals surface area contributed by atoms with E-state index in [1.807, 2.05) is 36.1 Å². The number of hydrogen-bond acceptors (Lipinski definition) is 3. The van der Waals surface area contributed by atoms with Crippen LogP contribution in [0, 0.1) is 6.92 Å². The number of piperazine rings is 1. The van der Waals surface area contributed by atoms with Crippen LogP contribution < -0.4 is 5.32 Å². The quantitative estimate of drug-likeness (QED) is 0.867. The van der Waals surface area contributed by atoms with Gasteiger partial charge in [0, 0.05) is 37.3 Å². The summed E-state index contributed by atoms with van der Waals surface area (Å²) >= 11 is 0. The average molecular weight is 342 g/mol. The van der Waals surface area contributed by atoms with Gasteiger partial charge in [0.1, 0.15) is 0 Å². The molecule has 1 fully saturated rings. The zero-order valence-electron chi connectivity index (χ0n) is 12.7. The Labute approximate surface area is 143 Å². The molecule has 6 heteroatoms. The molecule has 1 atom stereocenters. The first kappa shape index (κ1) is 18.7. The Balaban J connectivity index is 0.00000121. The molecular formula is C16H21Cl2N3O. The van der Waals surface area contributed by atoms with Crippen LogP contribution in [0.25, 0.3) is 10.9 Å². The molecule has 1 amide bonds. The molecule has 1 aliphatic heterocycles. The van der Waals surface area contributed by atoms with E-state index in [1.54, 1.807) is 6.20 Å². The molecule has 0 radical (unpaired) electrons. The van der Waals surface area contributed by atoms with E-state index >= 15 is 0 Å². The molecule has 120 valence electrons. The van der Waals surface area contributed by atoms with E-state index in [2.05, 4.69) is 17.2 Å². The van der Waals surface area contributed by atoms with Crippen molar-refractivity contribution >= 4 is 41.6 Å². The van der Waals surface area contributed by atoms with Gasteiger partial charge >= 0.3 is 0 Å². The van der Waals surface area contributed by atoms with Gasteiger partial charge in [-0.3, -0.25) is 9.78 Å². The van der Waals surface area contributed by atoms with Crippen molar-refractivity contribution < 1.29 is 4.79 Å². The van der Waals surface area contributed by atoms with E-state index in [0.29, 0.717) is 0 Å².